The van der Waals surface area contributed by atoms with Gasteiger partial charge in [0.2, 0.25) is 0 Å². The molecular weight excluding hydrogens is 48.0 g/mol. The lowest BCUT2D eigenvalue weighted by atomic mass is 12.0. The summed E-state index contributed by atoms with van der Waals surface area (Å²) in [5.41, 5.74) is 0. The van der Waals surface area contributed by atoms with Gasteiger partial charge in [-0.25, -0.2) is 0 Å². The molecule has 42 valence electrons. The summed E-state index contributed by atoms with van der Waals surface area (Å²) < 4.78 is 20.0. The van der Waals surface area contributed by atoms with Crippen LogP contribution in [0.3, 0.4) is 0 Å². The molecule has 0 aliphatic heterocycles. The van der Waals surface area contributed by atoms with Gasteiger partial charge in [-0.1, -0.05) is 29.7 Å². The van der Waals surface area contributed by atoms with Crippen LogP contribution in [-0.2, 0) is 0 Å². The second-order valence-corrected chi connectivity index (χ2v) is 0. The first-order valence-electron chi connectivity index (χ1n) is 2.00. The Kier molecular flexibility index (Phi) is 0. The van der Waals surface area contributed by atoms with Crippen LogP contribution in [0.1, 0.15) is 39.9 Å². The summed E-state index contributed by atoms with van der Waals surface area (Å²) in [6.07, 6.45) is 0. The molecule has 0 aromatic heterocycles. The van der Waals surface area contributed by atoms with Crippen molar-refractivity contribution in [3.63, 3.8) is 0 Å². The third kappa shape index (κ3) is 0. The molecule has 4 heavy (non-hydrogen) atoms. The van der Waals surface area contributed by atoms with Gasteiger partial charge in [-0.05, 0) is 0 Å². The zero-order valence-electron chi connectivity index (χ0n) is 4.00. The Labute approximate surface area is 41.5 Å². The van der Waals surface area contributed by atoms with Crippen molar-refractivity contribution in [2.45, 2.75) is 29.7 Å². The van der Waals surface area contributed by atoms with Crippen LogP contribution in [-0.4, -0.2) is 0 Å². The van der Waals surface area contributed by atoms with E-state index in [9.17, 15) is 0 Å². The quantitative estimate of drug-likeness (QED) is 0.423. The SMILES string of the molecule is C.C.C.C.[3HH].[3HH].[3HH].[3H][3H].[3H][3H]. The molecule has 0 aliphatic carbocycles. The predicted molar refractivity (Wildman–Crippen MR) is 37.5 cm³/mol. The van der Waals surface area contributed by atoms with Crippen molar-refractivity contribution >= 4 is 0 Å². The molecule has 0 heterocycles. The second-order valence-electron chi connectivity index (χ2n) is 0. The smallest absolute Gasteiger partial charge is 0 e. The van der Waals surface area contributed by atoms with E-state index in [0.29, 0.717) is 0 Å². The van der Waals surface area contributed by atoms with Gasteiger partial charge in [0.15, 0.2) is 0 Å². The van der Waals surface area contributed by atoms with Crippen LogP contribution in [0.5, 0.6) is 0 Å². The zero-order valence-corrected chi connectivity index (χ0v) is 0. The molecule has 0 amide bonds. The summed E-state index contributed by atoms with van der Waals surface area (Å²) in [6, 6.07) is 0. The first kappa shape index (κ1) is 9.00. The van der Waals surface area contributed by atoms with E-state index in [2.05, 4.69) is 0 Å². The molecule has 0 atom stereocenters. The van der Waals surface area contributed by atoms with Gasteiger partial charge in [-0.2, -0.15) is 0 Å². The maximum atomic E-state index is 5.00. The molecule has 0 spiro atoms. The van der Waals surface area contributed by atoms with E-state index in [0.717, 1.165) is 0 Å². The maximum absolute atomic E-state index is 5.00. The van der Waals surface area contributed by atoms with Crippen LogP contribution in [0.15, 0.2) is 0 Å². The average molecular weight is 88.3 g/mol. The highest BCUT2D eigenvalue weighted by atomic mass is 12.0. The molecule has 0 heteroatoms. The summed E-state index contributed by atoms with van der Waals surface area (Å²) in [5, 5.41) is 0. The normalized spacial score (nSPS) is 4.00. The standard InChI is InChI=1S/4CH4.5H2/h4*1H4;5*1H/i;;;;2*1+2T;3*1+2. The molecule has 0 bridgehead atoms. The van der Waals surface area contributed by atoms with Crippen LogP contribution in [0, 0.1) is 0 Å². The van der Waals surface area contributed by atoms with Gasteiger partial charge in [0.25, 0.3) is 0 Å². The van der Waals surface area contributed by atoms with Gasteiger partial charge in [0.05, 0.1) is 0 Å². The van der Waals surface area contributed by atoms with E-state index in [1.54, 1.807) is 0 Å². The van der Waals surface area contributed by atoms with Gasteiger partial charge in [-0.15, -0.1) is 0 Å². The minimum absolute atomic E-state index is 0. The van der Waals surface area contributed by atoms with Crippen molar-refractivity contribution in [2.24, 2.45) is 0 Å². The molecule has 0 saturated carbocycles. The van der Waals surface area contributed by atoms with Crippen LogP contribution in [0.4, 0.5) is 0 Å². The van der Waals surface area contributed by atoms with Crippen molar-refractivity contribution < 1.29 is 10.2 Å². The second kappa shape index (κ2) is 0. The molecule has 0 aliphatic rings. The lowest BCUT2D eigenvalue weighted by Gasteiger charge is -0.0786. The Bertz CT molecular complexity index is 10.4. The molecule has 0 unspecified atom stereocenters. The molecule has 0 saturated heterocycles. The van der Waals surface area contributed by atoms with Crippen LogP contribution in [0.25, 0.3) is 0 Å². The Hall–Kier alpha value is 0. The summed E-state index contributed by atoms with van der Waals surface area (Å²) in [5.74, 6) is 0. The van der Waals surface area contributed by atoms with E-state index < -0.39 is 0 Å². The van der Waals surface area contributed by atoms with E-state index in [-0.39, 0.29) is 34.0 Å². The van der Waals surface area contributed by atoms with Gasteiger partial charge < -0.3 is 0 Å². The van der Waals surface area contributed by atoms with Crippen molar-refractivity contribution in [3.05, 3.63) is 0 Å². The maximum Gasteiger partial charge on any atom is 0 e. The minimum Gasteiger partial charge on any atom is -0.0776 e. The molecule has 0 aromatic rings. The van der Waals surface area contributed by atoms with Crippen molar-refractivity contribution in [2.75, 3.05) is 0 Å². The third-order valence-corrected chi connectivity index (χ3v) is 0. The van der Waals surface area contributed by atoms with Gasteiger partial charge in [0.1, 0.15) is 0 Å². The Morgan fingerprint density at radius 2 is 0.750 bits per heavy atom. The lowest BCUT2D eigenvalue weighted by Crippen LogP contribution is 0.143. The Morgan fingerprint density at radius 1 is 0.750 bits per heavy atom. The first-order chi connectivity index (χ1) is 2.00. The highest BCUT2D eigenvalue weighted by molar-refractivity contribution is 2.51. The molecule has 0 aromatic carbocycles. The fraction of sp³-hybridized carbons (Fsp3) is 1.00. The average Bonchev–Trinajstić information content (AvgIpc) is 1.50. The number of hydrogen-bond acceptors (Lipinski definition) is 0. The summed E-state index contributed by atoms with van der Waals surface area (Å²) >= 11 is 0. The fourth-order valence-corrected chi connectivity index (χ4v) is 0. The van der Waals surface area contributed by atoms with Gasteiger partial charge in [0, 0.05) is 10.2 Å². The first-order valence-corrected chi connectivity index (χ1v) is 0. The summed E-state index contributed by atoms with van der Waals surface area (Å²) in [6.45, 7) is 0. The van der Waals surface area contributed by atoms with Crippen LogP contribution in [0.2, 0.25) is 0 Å². The lowest BCUT2D eigenvalue weighted by molar-refractivity contribution is 2.50. The topological polar surface area (TPSA) is 0 Å². The highest BCUT2D eigenvalue weighted by Gasteiger charge is -0.0746. The van der Waals surface area contributed by atoms with Crippen molar-refractivity contribution in [3.8, 4) is 0 Å². The third-order valence-electron chi connectivity index (χ3n) is 0. The fourth-order valence-electron chi connectivity index (χ4n) is 0. The Morgan fingerprint density at radius 3 is 0.750 bits per heavy atom. The number of rotatable bonds is 0. The number of hydrogen-bond donors (Lipinski definition) is 0. The molecule has 0 nitrogen and oxygen atoms in total. The van der Waals surface area contributed by atoms with E-state index in [1.807, 2.05) is 0 Å². The van der Waals surface area contributed by atoms with Gasteiger partial charge >= 0.3 is 0 Å². The molecular formula is C4H26. The van der Waals surface area contributed by atoms with Crippen LogP contribution < -0.4 is 0 Å². The Balaban J connectivity index is -0.000000000635. The molecule has 0 radical (unpaired) electrons. The van der Waals surface area contributed by atoms with Gasteiger partial charge in [-0.3, -0.25) is 0 Å². The summed E-state index contributed by atoms with van der Waals surface area (Å²) in [7, 11) is 0. The largest absolute Gasteiger partial charge is 0.0776 e. The summed E-state index contributed by atoms with van der Waals surface area (Å²) in [4.78, 5) is 0. The predicted octanol–water partition coefficient (Wildman–Crippen LogP) is 3.77. The minimum atomic E-state index is 0. The van der Waals surface area contributed by atoms with E-state index >= 15 is 0 Å². The van der Waals surface area contributed by atoms with Crippen molar-refractivity contribution in [1.29, 1.82) is 0 Å². The monoisotopic (exact) mass is 88.3 g/mol. The zero-order chi connectivity index (χ0) is 4.00. The van der Waals surface area contributed by atoms with Crippen molar-refractivity contribution in [1.82, 2.24) is 0 Å². The molecule has 0 rings (SSSR count). The van der Waals surface area contributed by atoms with Crippen LogP contribution >= 0.6 is 0 Å². The molecule has 0 fully saturated rings. The molecule has 0 N–H and O–H groups in total. The van der Waals surface area contributed by atoms with E-state index in [1.165, 1.54) is 0 Å². The van der Waals surface area contributed by atoms with E-state index in [4.69, 9.17) is 5.94 Å². The highest BCUT2D eigenvalue weighted by Crippen LogP contribution is 0.147.